The van der Waals surface area contributed by atoms with Gasteiger partial charge in [-0.05, 0) is 28.2 Å². The summed E-state index contributed by atoms with van der Waals surface area (Å²) in [5, 5.41) is 2.80. The quantitative estimate of drug-likeness (QED) is 0.583. The fourth-order valence-corrected chi connectivity index (χ4v) is 1.99. The van der Waals surface area contributed by atoms with Crippen molar-refractivity contribution in [2.24, 2.45) is 11.3 Å². The molecule has 0 radical (unpaired) electrons. The van der Waals surface area contributed by atoms with Crippen molar-refractivity contribution in [3.8, 4) is 0 Å². The van der Waals surface area contributed by atoms with Gasteiger partial charge >= 0.3 is 0 Å². The number of hydrogen-bond donors (Lipinski definition) is 0. The summed E-state index contributed by atoms with van der Waals surface area (Å²) < 4.78 is 0. The summed E-state index contributed by atoms with van der Waals surface area (Å²) in [6.07, 6.45) is 5.97. The van der Waals surface area contributed by atoms with E-state index in [1.54, 1.807) is 0 Å². The topological polar surface area (TPSA) is 0 Å². The van der Waals surface area contributed by atoms with Gasteiger partial charge in [0.05, 0.1) is 0 Å². The van der Waals surface area contributed by atoms with E-state index in [1.807, 2.05) is 0 Å². The molecule has 0 nitrogen and oxygen atoms in total. The second-order valence-corrected chi connectivity index (χ2v) is 5.21. The highest BCUT2D eigenvalue weighted by Crippen LogP contribution is 2.30. The highest BCUT2D eigenvalue weighted by atomic mass is 14.3. The molecule has 0 aromatic heterocycles. The smallest absolute Gasteiger partial charge is 0.0141 e. The van der Waals surface area contributed by atoms with Crippen LogP contribution in [0.25, 0.3) is 12.2 Å². The molecule has 0 saturated heterocycles. The van der Waals surface area contributed by atoms with Crippen molar-refractivity contribution < 1.29 is 0 Å². The highest BCUT2D eigenvalue weighted by Gasteiger charge is 2.22. The third-order valence-corrected chi connectivity index (χ3v) is 3.08. The van der Waals surface area contributed by atoms with Crippen LogP contribution in [0.15, 0.2) is 24.3 Å². The molecule has 0 N–H and O–H groups in total. The minimum atomic E-state index is 0.379. The van der Waals surface area contributed by atoms with Crippen molar-refractivity contribution in [2.45, 2.75) is 27.2 Å². The molecule has 0 aliphatic heterocycles. The summed E-state index contributed by atoms with van der Waals surface area (Å²) in [6.45, 7) is 6.95. The van der Waals surface area contributed by atoms with E-state index in [0.717, 1.165) is 0 Å². The molecular formula is C14H18. The van der Waals surface area contributed by atoms with Gasteiger partial charge in [0.2, 0.25) is 0 Å². The van der Waals surface area contributed by atoms with Crippen LogP contribution in [0.3, 0.4) is 0 Å². The van der Waals surface area contributed by atoms with Crippen LogP contribution in [0.4, 0.5) is 0 Å². The molecule has 1 aliphatic rings. The van der Waals surface area contributed by atoms with E-state index in [1.165, 1.54) is 16.9 Å². The predicted octanol–water partition coefficient (Wildman–Crippen LogP) is 2.31. The third kappa shape index (κ3) is 1.75. The molecule has 0 heteroatoms. The molecule has 0 heterocycles. The van der Waals surface area contributed by atoms with Crippen LogP contribution >= 0.6 is 0 Å². The third-order valence-electron chi connectivity index (χ3n) is 3.08. The first-order valence-electron chi connectivity index (χ1n) is 5.34. The second-order valence-electron chi connectivity index (χ2n) is 5.21. The van der Waals surface area contributed by atoms with Crippen LogP contribution in [0, 0.1) is 11.3 Å². The van der Waals surface area contributed by atoms with E-state index < -0.39 is 0 Å². The molecule has 0 amide bonds. The van der Waals surface area contributed by atoms with E-state index in [2.05, 4.69) is 57.2 Å². The summed E-state index contributed by atoms with van der Waals surface area (Å²) >= 11 is 0. The largest absolute Gasteiger partial charge is 0.0761 e. The summed E-state index contributed by atoms with van der Waals surface area (Å²) in [4.78, 5) is 0. The molecule has 2 rings (SSSR count). The van der Waals surface area contributed by atoms with Crippen LogP contribution in [0.1, 0.15) is 27.2 Å². The SMILES string of the molecule is CC(C)(C)C1C=c2ccccc2=CC1. The lowest BCUT2D eigenvalue weighted by atomic mass is 9.77. The monoisotopic (exact) mass is 186 g/mol. The first-order chi connectivity index (χ1) is 6.57. The van der Waals surface area contributed by atoms with E-state index in [0.29, 0.717) is 11.3 Å². The van der Waals surface area contributed by atoms with Gasteiger partial charge in [0.25, 0.3) is 0 Å². The maximum Gasteiger partial charge on any atom is -0.0141 e. The Kier molecular flexibility index (Phi) is 2.22. The minimum absolute atomic E-state index is 0.379. The van der Waals surface area contributed by atoms with Gasteiger partial charge in [-0.1, -0.05) is 57.2 Å². The Morgan fingerprint density at radius 3 is 2.36 bits per heavy atom. The van der Waals surface area contributed by atoms with Crippen molar-refractivity contribution in [1.29, 1.82) is 0 Å². The Labute approximate surface area is 86.0 Å². The minimum Gasteiger partial charge on any atom is -0.0761 e. The van der Waals surface area contributed by atoms with Crippen LogP contribution in [0.5, 0.6) is 0 Å². The molecule has 74 valence electrons. The lowest BCUT2D eigenvalue weighted by Crippen LogP contribution is -2.32. The zero-order valence-electron chi connectivity index (χ0n) is 9.25. The van der Waals surface area contributed by atoms with Gasteiger partial charge in [-0.2, -0.15) is 0 Å². The lowest BCUT2D eigenvalue weighted by Gasteiger charge is -2.28. The van der Waals surface area contributed by atoms with Gasteiger partial charge in [0.1, 0.15) is 0 Å². The first kappa shape index (κ1) is 9.51. The van der Waals surface area contributed by atoms with Gasteiger partial charge in [-0.3, -0.25) is 0 Å². The number of benzene rings is 1. The molecule has 1 aliphatic carbocycles. The highest BCUT2D eigenvalue weighted by molar-refractivity contribution is 5.41. The lowest BCUT2D eigenvalue weighted by molar-refractivity contribution is 0.314. The molecule has 1 aromatic carbocycles. The van der Waals surface area contributed by atoms with Gasteiger partial charge in [0.15, 0.2) is 0 Å². The molecule has 1 aromatic rings. The Morgan fingerprint density at radius 1 is 1.07 bits per heavy atom. The maximum absolute atomic E-state index is 2.43. The molecular weight excluding hydrogens is 168 g/mol. The normalized spacial score (nSPS) is 20.6. The summed E-state index contributed by atoms with van der Waals surface area (Å²) in [5.74, 6) is 0.678. The van der Waals surface area contributed by atoms with E-state index in [9.17, 15) is 0 Å². The summed E-state index contributed by atoms with van der Waals surface area (Å²) in [6, 6.07) is 8.64. The van der Waals surface area contributed by atoms with Crippen molar-refractivity contribution in [3.05, 3.63) is 34.7 Å². The second kappa shape index (κ2) is 3.27. The standard InChI is InChI=1S/C14H18/c1-14(2,3)13-9-8-11-6-4-5-7-12(11)10-13/h4-8,10,13H,9H2,1-3H3. The molecule has 14 heavy (non-hydrogen) atoms. The number of fused-ring (bicyclic) bond motifs is 1. The fraction of sp³-hybridized carbons (Fsp3) is 0.429. The Bertz CT molecular complexity index is 432. The van der Waals surface area contributed by atoms with Gasteiger partial charge in [-0.25, -0.2) is 0 Å². The van der Waals surface area contributed by atoms with Crippen LogP contribution in [-0.2, 0) is 0 Å². The van der Waals surface area contributed by atoms with Crippen LogP contribution in [0.2, 0.25) is 0 Å². The van der Waals surface area contributed by atoms with Gasteiger partial charge in [0, 0.05) is 0 Å². The molecule has 0 saturated carbocycles. The van der Waals surface area contributed by atoms with Crippen molar-refractivity contribution in [2.75, 3.05) is 0 Å². The number of rotatable bonds is 0. The zero-order valence-corrected chi connectivity index (χ0v) is 9.25. The van der Waals surface area contributed by atoms with Gasteiger partial charge in [-0.15, -0.1) is 0 Å². The van der Waals surface area contributed by atoms with Gasteiger partial charge < -0.3 is 0 Å². The maximum atomic E-state index is 2.43. The van der Waals surface area contributed by atoms with E-state index >= 15 is 0 Å². The molecule has 0 bridgehead atoms. The fourth-order valence-electron chi connectivity index (χ4n) is 1.99. The predicted molar refractivity (Wildman–Crippen MR) is 62.2 cm³/mol. The van der Waals surface area contributed by atoms with Crippen LogP contribution in [-0.4, -0.2) is 0 Å². The zero-order chi connectivity index (χ0) is 10.2. The Hall–Kier alpha value is -1.04. The Balaban J connectivity index is 2.49. The summed E-state index contributed by atoms with van der Waals surface area (Å²) in [7, 11) is 0. The molecule has 0 spiro atoms. The Morgan fingerprint density at radius 2 is 1.71 bits per heavy atom. The summed E-state index contributed by atoms with van der Waals surface area (Å²) in [5.41, 5.74) is 0.379. The van der Waals surface area contributed by atoms with Crippen LogP contribution < -0.4 is 10.4 Å². The molecule has 1 atom stereocenters. The first-order valence-corrected chi connectivity index (χ1v) is 5.34. The van der Waals surface area contributed by atoms with E-state index in [4.69, 9.17) is 0 Å². The van der Waals surface area contributed by atoms with Crippen molar-refractivity contribution in [3.63, 3.8) is 0 Å². The molecule has 1 unspecified atom stereocenters. The van der Waals surface area contributed by atoms with E-state index in [-0.39, 0.29) is 0 Å². The van der Waals surface area contributed by atoms with Crippen molar-refractivity contribution >= 4 is 12.2 Å². The average Bonchev–Trinajstić information content (AvgIpc) is 2.16. The average molecular weight is 186 g/mol. The number of hydrogen-bond acceptors (Lipinski definition) is 0. The van der Waals surface area contributed by atoms with Crippen molar-refractivity contribution in [1.82, 2.24) is 0 Å². The molecule has 0 fully saturated rings.